The summed E-state index contributed by atoms with van der Waals surface area (Å²) in [5, 5.41) is 3.58. The molecule has 0 saturated heterocycles. The number of aromatic nitrogens is 1. The van der Waals surface area contributed by atoms with Gasteiger partial charge in [-0.15, -0.1) is 0 Å². The summed E-state index contributed by atoms with van der Waals surface area (Å²) in [6.07, 6.45) is 1.47. The van der Waals surface area contributed by atoms with Crippen molar-refractivity contribution in [3.8, 4) is 0 Å². The Morgan fingerprint density at radius 1 is 1.44 bits per heavy atom. The van der Waals surface area contributed by atoms with Crippen LogP contribution < -0.4 is 5.32 Å². The van der Waals surface area contributed by atoms with Gasteiger partial charge in [-0.3, -0.25) is 4.79 Å². The molecule has 1 heterocycles. The maximum Gasteiger partial charge on any atom is 0.226 e. The first-order valence-electron chi connectivity index (χ1n) is 6.22. The number of aryl methyl sites for hydroxylation is 1. The molecule has 1 amide bonds. The Kier molecular flexibility index (Phi) is 3.97. The number of hydrogen-bond donors (Lipinski definition) is 1. The van der Waals surface area contributed by atoms with E-state index in [1.54, 1.807) is 0 Å². The lowest BCUT2D eigenvalue weighted by atomic mass is 10.1. The Hall–Kier alpha value is -1.42. The molecule has 18 heavy (non-hydrogen) atoms. The van der Waals surface area contributed by atoms with Crippen LogP contribution in [0, 0.1) is 12.8 Å². The van der Waals surface area contributed by atoms with Crippen LogP contribution in [0.1, 0.15) is 32.3 Å². The molecule has 0 bridgehead atoms. The normalized spacial score (nSPS) is 11.1. The molecule has 96 valence electrons. The van der Waals surface area contributed by atoms with Crippen molar-refractivity contribution >= 4 is 32.6 Å². The second-order valence-electron chi connectivity index (χ2n) is 4.92. The zero-order valence-corrected chi connectivity index (χ0v) is 11.8. The highest BCUT2D eigenvalue weighted by Gasteiger charge is 2.09. The summed E-state index contributed by atoms with van der Waals surface area (Å²) in [5.41, 5.74) is 2.13. The van der Waals surface area contributed by atoms with E-state index in [0.29, 0.717) is 17.5 Å². The summed E-state index contributed by atoms with van der Waals surface area (Å²) >= 11 is 1.53. The standard InChI is InChI=1S/C14H18N2OS/c1-9(2)7-8-12(17)15-14-16-13-10(3)5-4-6-11(13)18-14/h4-6,9H,7-8H2,1-3H3,(H,15,16,17). The smallest absolute Gasteiger partial charge is 0.226 e. The first-order valence-corrected chi connectivity index (χ1v) is 7.04. The predicted octanol–water partition coefficient (Wildman–Crippen LogP) is 3.98. The first kappa shape index (κ1) is 13.0. The summed E-state index contributed by atoms with van der Waals surface area (Å²) in [6.45, 7) is 6.27. The summed E-state index contributed by atoms with van der Waals surface area (Å²) in [4.78, 5) is 16.2. The van der Waals surface area contributed by atoms with Gasteiger partial charge in [-0.2, -0.15) is 0 Å². The van der Waals surface area contributed by atoms with Crippen molar-refractivity contribution in [3.05, 3.63) is 23.8 Å². The van der Waals surface area contributed by atoms with Crippen LogP contribution in [0.25, 0.3) is 10.2 Å². The van der Waals surface area contributed by atoms with Crippen LogP contribution in [0.3, 0.4) is 0 Å². The summed E-state index contributed by atoms with van der Waals surface area (Å²) in [7, 11) is 0. The number of nitrogens with zero attached hydrogens (tertiary/aromatic N) is 1. The van der Waals surface area contributed by atoms with Crippen molar-refractivity contribution in [1.29, 1.82) is 0 Å². The third-order valence-corrected chi connectivity index (χ3v) is 3.75. The monoisotopic (exact) mass is 262 g/mol. The fraction of sp³-hybridized carbons (Fsp3) is 0.429. The number of fused-ring (bicyclic) bond motifs is 1. The second-order valence-corrected chi connectivity index (χ2v) is 5.95. The number of carbonyl (C=O) groups excluding carboxylic acids is 1. The molecule has 0 spiro atoms. The minimum atomic E-state index is 0.0559. The number of para-hydroxylation sites is 1. The Labute approximate surface area is 111 Å². The molecule has 0 aliphatic carbocycles. The molecule has 0 aliphatic heterocycles. The fourth-order valence-corrected chi connectivity index (χ4v) is 2.70. The topological polar surface area (TPSA) is 42.0 Å². The molecule has 4 heteroatoms. The Morgan fingerprint density at radius 3 is 2.89 bits per heavy atom. The Morgan fingerprint density at radius 2 is 2.22 bits per heavy atom. The van der Waals surface area contributed by atoms with Crippen LogP contribution in [0.15, 0.2) is 18.2 Å². The molecule has 3 nitrogen and oxygen atoms in total. The van der Waals surface area contributed by atoms with Crippen LogP contribution in [-0.2, 0) is 4.79 Å². The van der Waals surface area contributed by atoms with Crippen LogP contribution in [0.2, 0.25) is 0 Å². The highest BCUT2D eigenvalue weighted by molar-refractivity contribution is 7.22. The van der Waals surface area contributed by atoms with E-state index in [2.05, 4.69) is 24.1 Å². The summed E-state index contributed by atoms with van der Waals surface area (Å²) in [6, 6.07) is 6.08. The van der Waals surface area contributed by atoms with Crippen LogP contribution in [0.4, 0.5) is 5.13 Å². The highest BCUT2D eigenvalue weighted by atomic mass is 32.1. The van der Waals surface area contributed by atoms with E-state index in [1.807, 2.05) is 25.1 Å². The van der Waals surface area contributed by atoms with E-state index in [9.17, 15) is 4.79 Å². The summed E-state index contributed by atoms with van der Waals surface area (Å²) < 4.78 is 1.12. The Bertz CT molecular complexity index is 560. The number of carbonyl (C=O) groups is 1. The van der Waals surface area contributed by atoms with Crippen LogP contribution >= 0.6 is 11.3 Å². The van der Waals surface area contributed by atoms with E-state index < -0.39 is 0 Å². The summed E-state index contributed by atoms with van der Waals surface area (Å²) in [5.74, 6) is 0.605. The lowest BCUT2D eigenvalue weighted by Gasteiger charge is -2.03. The lowest BCUT2D eigenvalue weighted by molar-refractivity contribution is -0.116. The molecule has 2 rings (SSSR count). The van der Waals surface area contributed by atoms with Gasteiger partial charge in [-0.05, 0) is 30.9 Å². The zero-order chi connectivity index (χ0) is 13.1. The number of nitrogens with one attached hydrogen (secondary N) is 1. The molecule has 1 N–H and O–H groups in total. The minimum Gasteiger partial charge on any atom is -0.302 e. The van der Waals surface area contributed by atoms with Gasteiger partial charge in [-0.1, -0.05) is 37.3 Å². The molecule has 0 radical (unpaired) electrons. The van der Waals surface area contributed by atoms with E-state index in [1.165, 1.54) is 11.3 Å². The number of amides is 1. The van der Waals surface area contributed by atoms with Crippen LogP contribution in [0.5, 0.6) is 0 Å². The average Bonchev–Trinajstić information content (AvgIpc) is 2.70. The molecule has 0 aliphatic rings. The zero-order valence-electron chi connectivity index (χ0n) is 11.0. The molecule has 0 unspecified atom stereocenters. The van der Waals surface area contributed by atoms with Crippen LogP contribution in [-0.4, -0.2) is 10.9 Å². The minimum absolute atomic E-state index is 0.0559. The lowest BCUT2D eigenvalue weighted by Crippen LogP contribution is -2.11. The van der Waals surface area contributed by atoms with Gasteiger partial charge < -0.3 is 5.32 Å². The van der Waals surface area contributed by atoms with Gasteiger partial charge in [0.05, 0.1) is 10.2 Å². The average molecular weight is 262 g/mol. The van der Waals surface area contributed by atoms with Crippen molar-refractivity contribution in [2.24, 2.45) is 5.92 Å². The molecule has 0 fully saturated rings. The fourth-order valence-electron chi connectivity index (χ4n) is 1.74. The van der Waals surface area contributed by atoms with E-state index in [-0.39, 0.29) is 5.91 Å². The molecule has 0 saturated carbocycles. The highest BCUT2D eigenvalue weighted by Crippen LogP contribution is 2.27. The predicted molar refractivity (Wildman–Crippen MR) is 77.1 cm³/mol. The SMILES string of the molecule is Cc1cccc2sc(NC(=O)CCC(C)C)nc12. The second kappa shape index (κ2) is 5.48. The molecular weight excluding hydrogens is 244 g/mol. The maximum atomic E-state index is 11.7. The third kappa shape index (κ3) is 3.07. The van der Waals surface area contributed by atoms with Gasteiger partial charge in [0, 0.05) is 6.42 Å². The number of benzene rings is 1. The van der Waals surface area contributed by atoms with Crippen molar-refractivity contribution in [3.63, 3.8) is 0 Å². The molecule has 1 aromatic carbocycles. The van der Waals surface area contributed by atoms with E-state index in [4.69, 9.17) is 0 Å². The number of thiazole rings is 1. The molecular formula is C14H18N2OS. The van der Waals surface area contributed by atoms with E-state index >= 15 is 0 Å². The number of anilines is 1. The molecule has 0 atom stereocenters. The van der Waals surface area contributed by atoms with Crippen molar-refractivity contribution in [2.75, 3.05) is 5.32 Å². The number of hydrogen-bond acceptors (Lipinski definition) is 3. The van der Waals surface area contributed by atoms with Gasteiger partial charge in [0.1, 0.15) is 0 Å². The van der Waals surface area contributed by atoms with Gasteiger partial charge in [0.2, 0.25) is 5.91 Å². The Balaban J connectivity index is 2.08. The third-order valence-electron chi connectivity index (χ3n) is 2.82. The molecule has 2 aromatic rings. The van der Waals surface area contributed by atoms with E-state index in [0.717, 1.165) is 22.2 Å². The van der Waals surface area contributed by atoms with Crippen molar-refractivity contribution < 1.29 is 4.79 Å². The largest absolute Gasteiger partial charge is 0.302 e. The van der Waals surface area contributed by atoms with Gasteiger partial charge >= 0.3 is 0 Å². The quantitative estimate of drug-likeness (QED) is 0.905. The number of rotatable bonds is 4. The van der Waals surface area contributed by atoms with Gasteiger partial charge in [-0.25, -0.2) is 4.98 Å². The van der Waals surface area contributed by atoms with Gasteiger partial charge in [0.25, 0.3) is 0 Å². The van der Waals surface area contributed by atoms with Gasteiger partial charge in [0.15, 0.2) is 5.13 Å². The van der Waals surface area contributed by atoms with Crippen molar-refractivity contribution in [2.45, 2.75) is 33.6 Å². The molecule has 1 aromatic heterocycles. The van der Waals surface area contributed by atoms with Crippen molar-refractivity contribution in [1.82, 2.24) is 4.98 Å². The first-order chi connectivity index (χ1) is 8.56. The maximum absolute atomic E-state index is 11.7.